The Hall–Kier alpha value is -5.28. The number of aliphatic imine (C=N–C) groups is 2. The SMILES string of the molecule is C=CC1=C(/C=C2/C=CC=CC2)/C(=C/c2[nH]c(/C=C3\N=CC(C=C)=C3/C=C3/C=CC=CC3)c(/C=C3/C=CC=CC3C)c2C)N=C1. The maximum absolute atomic E-state index is 4.83. The van der Waals surface area contributed by atoms with E-state index in [1.54, 1.807) is 0 Å². The van der Waals surface area contributed by atoms with E-state index >= 15 is 0 Å². The highest BCUT2D eigenvalue weighted by Crippen LogP contribution is 2.34. The molecule has 3 heteroatoms. The summed E-state index contributed by atoms with van der Waals surface area (Å²) in [4.78, 5) is 13.4. The lowest BCUT2D eigenvalue weighted by atomic mass is 9.93. The van der Waals surface area contributed by atoms with E-state index in [0.717, 1.165) is 69.0 Å². The number of nitrogens with one attached hydrogen (secondary N) is 1. The molecule has 5 aliphatic rings. The molecule has 6 rings (SSSR count). The summed E-state index contributed by atoms with van der Waals surface area (Å²) in [5.41, 5.74) is 14.2. The molecule has 3 aliphatic carbocycles. The van der Waals surface area contributed by atoms with Gasteiger partial charge in [0.2, 0.25) is 0 Å². The summed E-state index contributed by atoms with van der Waals surface area (Å²) in [6, 6.07) is 0. The summed E-state index contributed by atoms with van der Waals surface area (Å²) in [6.07, 6.45) is 46.1. The van der Waals surface area contributed by atoms with Gasteiger partial charge in [0.1, 0.15) is 0 Å². The van der Waals surface area contributed by atoms with Crippen molar-refractivity contribution in [1.82, 2.24) is 4.98 Å². The maximum Gasteiger partial charge on any atom is 0.0729 e. The van der Waals surface area contributed by atoms with Crippen LogP contribution in [0.5, 0.6) is 0 Å². The van der Waals surface area contributed by atoms with E-state index in [4.69, 9.17) is 9.98 Å². The van der Waals surface area contributed by atoms with Gasteiger partial charge in [-0.05, 0) is 78.3 Å². The van der Waals surface area contributed by atoms with Gasteiger partial charge in [0.15, 0.2) is 0 Å². The average Bonchev–Trinajstić information content (AvgIpc) is 3.71. The first-order chi connectivity index (χ1) is 21.5. The van der Waals surface area contributed by atoms with Gasteiger partial charge in [0, 0.05) is 51.7 Å². The normalized spacial score (nSPS) is 25.0. The minimum atomic E-state index is 0.327. The van der Waals surface area contributed by atoms with Crippen LogP contribution in [-0.4, -0.2) is 17.4 Å². The number of H-pyrrole nitrogens is 1. The minimum absolute atomic E-state index is 0.327. The second-order valence-electron chi connectivity index (χ2n) is 11.3. The van der Waals surface area contributed by atoms with Crippen LogP contribution in [-0.2, 0) is 0 Å². The Morgan fingerprint density at radius 3 is 1.80 bits per heavy atom. The molecule has 216 valence electrons. The fraction of sp³-hybridized carbons (Fsp3) is 0.122. The van der Waals surface area contributed by atoms with Crippen LogP contribution in [0.3, 0.4) is 0 Å². The second kappa shape index (κ2) is 12.9. The van der Waals surface area contributed by atoms with E-state index in [9.17, 15) is 0 Å². The molecule has 0 saturated heterocycles. The third-order valence-electron chi connectivity index (χ3n) is 8.35. The Labute approximate surface area is 261 Å². The molecule has 0 spiro atoms. The molecule has 1 N–H and O–H groups in total. The van der Waals surface area contributed by atoms with E-state index in [-0.39, 0.29) is 0 Å². The maximum atomic E-state index is 4.83. The number of nitrogens with zero attached hydrogens (tertiary/aromatic N) is 2. The van der Waals surface area contributed by atoms with Crippen LogP contribution in [0.1, 0.15) is 42.3 Å². The Bertz CT molecular complexity index is 1880. The van der Waals surface area contributed by atoms with Crippen molar-refractivity contribution in [3.05, 3.63) is 183 Å². The molecule has 0 saturated carbocycles. The zero-order valence-corrected chi connectivity index (χ0v) is 25.4. The molecule has 0 radical (unpaired) electrons. The zero-order valence-electron chi connectivity index (χ0n) is 25.4. The molecule has 0 amide bonds. The highest BCUT2D eigenvalue weighted by molar-refractivity contribution is 5.94. The van der Waals surface area contributed by atoms with Gasteiger partial charge in [-0.25, -0.2) is 0 Å². The fourth-order valence-electron chi connectivity index (χ4n) is 5.74. The first kappa shape index (κ1) is 28.8. The van der Waals surface area contributed by atoms with E-state index in [0.29, 0.717) is 5.92 Å². The Morgan fingerprint density at radius 2 is 1.27 bits per heavy atom. The van der Waals surface area contributed by atoms with E-state index in [1.165, 1.54) is 16.7 Å². The van der Waals surface area contributed by atoms with Crippen LogP contribution in [0.25, 0.3) is 18.2 Å². The molecule has 44 heavy (non-hydrogen) atoms. The fourth-order valence-corrected chi connectivity index (χ4v) is 5.74. The van der Waals surface area contributed by atoms with Crippen LogP contribution in [0, 0.1) is 12.8 Å². The van der Waals surface area contributed by atoms with Crippen molar-refractivity contribution in [3.8, 4) is 0 Å². The number of hydrogen-bond donors (Lipinski definition) is 1. The number of aromatic amines is 1. The predicted octanol–water partition coefficient (Wildman–Crippen LogP) is 10.2. The van der Waals surface area contributed by atoms with Crippen LogP contribution >= 0.6 is 0 Å². The van der Waals surface area contributed by atoms with Crippen molar-refractivity contribution in [2.75, 3.05) is 0 Å². The third kappa shape index (κ3) is 6.09. The Morgan fingerprint density at radius 1 is 0.705 bits per heavy atom. The van der Waals surface area contributed by atoms with Crippen molar-refractivity contribution >= 4 is 30.7 Å². The molecule has 1 unspecified atom stereocenters. The highest BCUT2D eigenvalue weighted by atomic mass is 14.8. The molecule has 0 fully saturated rings. The Kier molecular flexibility index (Phi) is 8.47. The zero-order chi connectivity index (χ0) is 30.5. The number of hydrogen-bond acceptors (Lipinski definition) is 2. The number of aromatic nitrogens is 1. The van der Waals surface area contributed by atoms with E-state index in [1.807, 2.05) is 24.6 Å². The van der Waals surface area contributed by atoms with Gasteiger partial charge in [0.25, 0.3) is 0 Å². The summed E-state index contributed by atoms with van der Waals surface area (Å²) >= 11 is 0. The lowest BCUT2D eigenvalue weighted by Gasteiger charge is -2.12. The van der Waals surface area contributed by atoms with Gasteiger partial charge in [0.05, 0.1) is 11.4 Å². The Balaban J connectivity index is 1.46. The third-order valence-corrected chi connectivity index (χ3v) is 8.35. The molecule has 1 aromatic rings. The molecular formula is C41H37N3. The molecule has 1 aromatic heterocycles. The largest absolute Gasteiger partial charge is 0.355 e. The van der Waals surface area contributed by atoms with Crippen LogP contribution in [0.2, 0.25) is 0 Å². The first-order valence-corrected chi connectivity index (χ1v) is 15.2. The summed E-state index contributed by atoms with van der Waals surface area (Å²) in [6.45, 7) is 12.5. The summed E-state index contributed by atoms with van der Waals surface area (Å²) in [5.74, 6) is 0.327. The molecule has 1 atom stereocenters. The monoisotopic (exact) mass is 571 g/mol. The first-order valence-electron chi connectivity index (χ1n) is 15.2. The van der Waals surface area contributed by atoms with Crippen LogP contribution in [0.15, 0.2) is 171 Å². The van der Waals surface area contributed by atoms with E-state index in [2.05, 4.69) is 135 Å². The van der Waals surface area contributed by atoms with Gasteiger partial charge >= 0.3 is 0 Å². The summed E-state index contributed by atoms with van der Waals surface area (Å²) < 4.78 is 0. The van der Waals surface area contributed by atoms with Gasteiger partial charge in [-0.3, -0.25) is 9.98 Å². The van der Waals surface area contributed by atoms with Crippen LogP contribution in [0.4, 0.5) is 0 Å². The average molecular weight is 572 g/mol. The van der Waals surface area contributed by atoms with Crippen LogP contribution < -0.4 is 0 Å². The van der Waals surface area contributed by atoms with E-state index < -0.39 is 0 Å². The summed E-state index contributed by atoms with van der Waals surface area (Å²) in [5, 5.41) is 0. The molecular weight excluding hydrogens is 534 g/mol. The smallest absolute Gasteiger partial charge is 0.0729 e. The molecule has 3 nitrogen and oxygen atoms in total. The lowest BCUT2D eigenvalue weighted by molar-refractivity contribution is 0.891. The lowest BCUT2D eigenvalue weighted by Crippen LogP contribution is -1.96. The second-order valence-corrected chi connectivity index (χ2v) is 11.3. The van der Waals surface area contributed by atoms with Gasteiger partial charge in [-0.15, -0.1) is 0 Å². The predicted molar refractivity (Wildman–Crippen MR) is 190 cm³/mol. The number of rotatable bonds is 7. The number of allylic oxidation sites excluding steroid dienone is 21. The van der Waals surface area contributed by atoms with Crippen molar-refractivity contribution in [2.45, 2.75) is 26.7 Å². The quantitative estimate of drug-likeness (QED) is 0.338. The molecule has 0 bridgehead atoms. The van der Waals surface area contributed by atoms with Crippen molar-refractivity contribution in [1.29, 1.82) is 0 Å². The summed E-state index contributed by atoms with van der Waals surface area (Å²) in [7, 11) is 0. The van der Waals surface area contributed by atoms with Crippen molar-refractivity contribution < 1.29 is 0 Å². The minimum Gasteiger partial charge on any atom is -0.355 e. The van der Waals surface area contributed by atoms with Gasteiger partial charge in [-0.2, -0.15) is 0 Å². The standard InChI is InChI=1S/C41H37N3/c1-5-32-26-42-39(36(32)21-30-16-9-7-10-17-30)24-38-29(4)35(23-34-20-14-13-15-28(34)3)41(44-38)25-40-37(33(6-2)27-43-40)22-31-18-11-8-12-19-31/h5-16,18,20-28,44H,1-2,17,19H2,3-4H3/b30-21-,31-22-,34-23-,39-24-,40-25-. The molecule has 2 aliphatic heterocycles. The molecule has 3 heterocycles. The van der Waals surface area contributed by atoms with Gasteiger partial charge in [-0.1, -0.05) is 105 Å². The van der Waals surface area contributed by atoms with Crippen molar-refractivity contribution in [3.63, 3.8) is 0 Å². The van der Waals surface area contributed by atoms with Crippen molar-refractivity contribution in [2.24, 2.45) is 15.9 Å². The highest BCUT2D eigenvalue weighted by Gasteiger charge is 2.19. The molecule has 0 aromatic carbocycles. The topological polar surface area (TPSA) is 40.5 Å². The van der Waals surface area contributed by atoms with Gasteiger partial charge < -0.3 is 4.98 Å².